The van der Waals surface area contributed by atoms with Crippen LogP contribution in [0, 0.1) is 0 Å². The maximum atomic E-state index is 11.9. The van der Waals surface area contributed by atoms with Crippen molar-refractivity contribution in [2.24, 2.45) is 0 Å². The highest BCUT2D eigenvalue weighted by molar-refractivity contribution is 5.85. The summed E-state index contributed by atoms with van der Waals surface area (Å²) >= 11 is 0. The third-order valence-electron chi connectivity index (χ3n) is 4.20. The van der Waals surface area contributed by atoms with Crippen molar-refractivity contribution in [2.45, 2.75) is 38.6 Å². The highest BCUT2D eigenvalue weighted by Crippen LogP contribution is 2.28. The first kappa shape index (κ1) is 14.6. The number of carbonyl (C=O) groups excluding carboxylic acids is 1. The van der Waals surface area contributed by atoms with Crippen LogP contribution in [0.4, 0.5) is 5.69 Å². The molecule has 1 heterocycles. The Morgan fingerprint density at radius 3 is 2.64 bits per heavy atom. The highest BCUT2D eigenvalue weighted by atomic mass is 16.3. The van der Waals surface area contributed by atoms with Gasteiger partial charge >= 0.3 is 0 Å². The molecule has 0 fully saturated rings. The number of hydrogen-bond donors (Lipinski definition) is 2. The minimum Gasteiger partial charge on any atom is -0.508 e. The summed E-state index contributed by atoms with van der Waals surface area (Å²) in [5.41, 5.74) is 4.36. The summed E-state index contributed by atoms with van der Waals surface area (Å²) < 4.78 is 0. The number of ketones is 1. The summed E-state index contributed by atoms with van der Waals surface area (Å²) in [7, 11) is 0. The van der Waals surface area contributed by atoms with E-state index in [9.17, 15) is 9.90 Å². The number of phenolic OH excluding ortho intramolecular Hbond substituents is 1. The molecule has 1 aliphatic heterocycles. The van der Waals surface area contributed by atoms with Gasteiger partial charge in [-0.25, -0.2) is 0 Å². The van der Waals surface area contributed by atoms with Crippen LogP contribution in [0.3, 0.4) is 0 Å². The number of carbonyl (C=O) groups is 1. The highest BCUT2D eigenvalue weighted by Gasteiger charge is 2.20. The van der Waals surface area contributed by atoms with Crippen molar-refractivity contribution in [3.63, 3.8) is 0 Å². The normalized spacial score (nSPS) is 17.5. The molecule has 22 heavy (non-hydrogen) atoms. The van der Waals surface area contributed by atoms with E-state index in [1.54, 1.807) is 6.07 Å². The minimum atomic E-state index is 0.167. The maximum absolute atomic E-state index is 11.9. The average Bonchev–Trinajstić information content (AvgIpc) is 2.63. The van der Waals surface area contributed by atoms with E-state index in [1.165, 1.54) is 5.56 Å². The number of rotatable bonds is 3. The molecule has 0 bridgehead atoms. The van der Waals surface area contributed by atoms with Gasteiger partial charge in [0, 0.05) is 24.6 Å². The number of nitrogens with one attached hydrogen (secondary N) is 1. The van der Waals surface area contributed by atoms with Crippen molar-refractivity contribution in [1.29, 1.82) is 0 Å². The van der Waals surface area contributed by atoms with Gasteiger partial charge in [-0.2, -0.15) is 0 Å². The lowest BCUT2D eigenvalue weighted by Crippen LogP contribution is -2.17. The van der Waals surface area contributed by atoms with Crippen molar-refractivity contribution < 1.29 is 9.90 Å². The molecule has 0 saturated carbocycles. The first-order valence-corrected chi connectivity index (χ1v) is 7.79. The van der Waals surface area contributed by atoms with Crippen LogP contribution in [-0.2, 0) is 24.1 Å². The summed E-state index contributed by atoms with van der Waals surface area (Å²) in [6.07, 6.45) is 2.71. The van der Waals surface area contributed by atoms with Gasteiger partial charge in [0.25, 0.3) is 0 Å². The van der Waals surface area contributed by atoms with E-state index in [0.717, 1.165) is 29.7 Å². The molecule has 0 aromatic heterocycles. The molecule has 2 aromatic rings. The second-order valence-electron chi connectivity index (χ2n) is 6.04. The lowest BCUT2D eigenvalue weighted by atomic mass is 9.98. The Bertz CT molecular complexity index is 694. The van der Waals surface area contributed by atoms with Crippen molar-refractivity contribution in [2.75, 3.05) is 5.32 Å². The Morgan fingerprint density at radius 1 is 1.09 bits per heavy atom. The molecule has 3 nitrogen and oxygen atoms in total. The number of Topliss-reactive ketones (excluding diaryl/α,β-unsaturated/α-hetero) is 1. The largest absolute Gasteiger partial charge is 0.508 e. The van der Waals surface area contributed by atoms with Crippen LogP contribution in [0.2, 0.25) is 0 Å². The van der Waals surface area contributed by atoms with Crippen LogP contribution in [0.1, 0.15) is 30.0 Å². The second-order valence-corrected chi connectivity index (χ2v) is 6.04. The molecule has 1 aliphatic rings. The number of benzene rings is 2. The Labute approximate surface area is 131 Å². The van der Waals surface area contributed by atoms with Gasteiger partial charge in [-0.15, -0.1) is 0 Å². The third kappa shape index (κ3) is 3.14. The number of fused-ring (bicyclic) bond motifs is 1. The molecule has 1 atom stereocenters. The average molecular weight is 295 g/mol. The molecule has 0 aliphatic carbocycles. The molecule has 0 spiro atoms. The molecule has 3 rings (SSSR count). The number of hydrogen-bond acceptors (Lipinski definition) is 3. The number of aryl methyl sites for hydroxylation is 2. The van der Waals surface area contributed by atoms with E-state index in [1.807, 2.05) is 37.3 Å². The van der Waals surface area contributed by atoms with E-state index < -0.39 is 0 Å². The van der Waals surface area contributed by atoms with Gasteiger partial charge in [-0.3, -0.25) is 4.79 Å². The first-order chi connectivity index (χ1) is 10.6. The molecule has 114 valence electrons. The van der Waals surface area contributed by atoms with E-state index in [-0.39, 0.29) is 11.8 Å². The Kier molecular flexibility index (Phi) is 4.14. The summed E-state index contributed by atoms with van der Waals surface area (Å²) in [6.45, 7) is 2.05. The second kappa shape index (κ2) is 6.22. The summed E-state index contributed by atoms with van der Waals surface area (Å²) in [6, 6.07) is 13.8. The molecule has 3 heteroatoms. The number of aromatic hydroxyl groups is 1. The van der Waals surface area contributed by atoms with Crippen molar-refractivity contribution in [1.82, 2.24) is 0 Å². The first-order valence-electron chi connectivity index (χ1n) is 7.79. The fourth-order valence-corrected chi connectivity index (χ4v) is 3.11. The Morgan fingerprint density at radius 2 is 1.82 bits per heavy atom. The van der Waals surface area contributed by atoms with Crippen LogP contribution >= 0.6 is 0 Å². The SMILES string of the molecule is C[C@@H]1CC(=O)Cc2cccc(CCc3ccccc3O)c2N1. The number of anilines is 1. The van der Waals surface area contributed by atoms with Crippen molar-refractivity contribution >= 4 is 11.5 Å². The predicted molar refractivity (Wildman–Crippen MR) is 88.4 cm³/mol. The zero-order valence-electron chi connectivity index (χ0n) is 12.8. The van der Waals surface area contributed by atoms with Gasteiger partial charge in [-0.1, -0.05) is 36.4 Å². The van der Waals surface area contributed by atoms with E-state index in [0.29, 0.717) is 18.6 Å². The monoisotopic (exact) mass is 295 g/mol. The molecule has 2 aromatic carbocycles. The smallest absolute Gasteiger partial charge is 0.139 e. The fraction of sp³-hybridized carbons (Fsp3) is 0.316. The van der Waals surface area contributed by atoms with Gasteiger partial charge in [0.05, 0.1) is 0 Å². The van der Waals surface area contributed by atoms with Gasteiger partial charge in [0.15, 0.2) is 0 Å². The van der Waals surface area contributed by atoms with Crippen LogP contribution in [0.5, 0.6) is 5.75 Å². The standard InChI is InChI=1S/C19H21NO2/c1-13-11-17(21)12-16-7-4-6-15(19(16)20-13)10-9-14-5-2-3-8-18(14)22/h2-8,13,20,22H,9-12H2,1H3/t13-/m1/s1. The van der Waals surface area contributed by atoms with Crippen molar-refractivity contribution in [3.8, 4) is 5.75 Å². The lowest BCUT2D eigenvalue weighted by Gasteiger charge is -2.17. The minimum absolute atomic E-state index is 0.167. The van der Waals surface area contributed by atoms with Gasteiger partial charge in [0.1, 0.15) is 11.5 Å². The molecular formula is C19H21NO2. The molecule has 0 unspecified atom stereocenters. The van der Waals surface area contributed by atoms with Crippen LogP contribution in [0.15, 0.2) is 42.5 Å². The Hall–Kier alpha value is -2.29. The molecule has 2 N–H and O–H groups in total. The molecular weight excluding hydrogens is 274 g/mol. The van der Waals surface area contributed by atoms with E-state index in [2.05, 4.69) is 11.4 Å². The zero-order valence-corrected chi connectivity index (χ0v) is 12.8. The predicted octanol–water partition coefficient (Wildman–Crippen LogP) is 3.49. The quantitative estimate of drug-likeness (QED) is 0.911. The van der Waals surface area contributed by atoms with Gasteiger partial charge < -0.3 is 10.4 Å². The summed E-state index contributed by atoms with van der Waals surface area (Å²) in [4.78, 5) is 11.9. The third-order valence-corrected chi connectivity index (χ3v) is 4.20. The molecule has 0 radical (unpaired) electrons. The fourth-order valence-electron chi connectivity index (χ4n) is 3.11. The summed E-state index contributed by atoms with van der Waals surface area (Å²) in [5, 5.41) is 13.4. The van der Waals surface area contributed by atoms with Gasteiger partial charge in [-0.05, 0) is 42.5 Å². The Balaban J connectivity index is 1.85. The van der Waals surface area contributed by atoms with Crippen molar-refractivity contribution in [3.05, 3.63) is 59.2 Å². The van der Waals surface area contributed by atoms with Crippen LogP contribution in [-0.4, -0.2) is 16.9 Å². The van der Waals surface area contributed by atoms with E-state index >= 15 is 0 Å². The van der Waals surface area contributed by atoms with E-state index in [4.69, 9.17) is 0 Å². The molecule has 0 amide bonds. The zero-order chi connectivity index (χ0) is 15.5. The number of phenols is 1. The topological polar surface area (TPSA) is 49.3 Å². The lowest BCUT2D eigenvalue weighted by molar-refractivity contribution is -0.118. The summed E-state index contributed by atoms with van der Waals surface area (Å²) in [5.74, 6) is 0.637. The maximum Gasteiger partial charge on any atom is 0.139 e. The van der Waals surface area contributed by atoms with Crippen LogP contribution in [0.25, 0.3) is 0 Å². The molecule has 0 saturated heterocycles. The number of para-hydroxylation sites is 2. The van der Waals surface area contributed by atoms with Gasteiger partial charge in [0.2, 0.25) is 0 Å². The van der Waals surface area contributed by atoms with Crippen LogP contribution < -0.4 is 5.32 Å².